The third-order valence-electron chi connectivity index (χ3n) is 8.89. The molecule has 9 heteroatoms. The predicted octanol–water partition coefficient (Wildman–Crippen LogP) is 4.95. The number of rotatable bonds is 8. The Bertz CT molecular complexity index is 1620. The van der Waals surface area contributed by atoms with E-state index in [0.717, 1.165) is 79.2 Å². The summed E-state index contributed by atoms with van der Waals surface area (Å²) in [6.07, 6.45) is 8.82. The molecule has 4 N–H and O–H groups in total. The van der Waals surface area contributed by atoms with Crippen molar-refractivity contribution in [2.24, 2.45) is 5.92 Å². The molecule has 0 spiro atoms. The molecule has 9 nitrogen and oxygen atoms in total. The summed E-state index contributed by atoms with van der Waals surface area (Å²) in [4.78, 5) is 28.4. The van der Waals surface area contributed by atoms with E-state index in [-0.39, 0.29) is 5.56 Å². The molecule has 2 atom stereocenters. The first-order valence-corrected chi connectivity index (χ1v) is 15.5. The summed E-state index contributed by atoms with van der Waals surface area (Å²) in [6, 6.07) is 14.8. The zero-order valence-corrected chi connectivity index (χ0v) is 24.3. The summed E-state index contributed by atoms with van der Waals surface area (Å²) in [5.41, 5.74) is 6.23. The molecule has 3 fully saturated rings. The highest BCUT2D eigenvalue weighted by Gasteiger charge is 2.25. The van der Waals surface area contributed by atoms with Gasteiger partial charge in [0, 0.05) is 77.1 Å². The van der Waals surface area contributed by atoms with Crippen LogP contribution in [-0.2, 0) is 6.54 Å². The van der Waals surface area contributed by atoms with Gasteiger partial charge in [0.2, 0.25) is 5.95 Å². The van der Waals surface area contributed by atoms with Crippen molar-refractivity contribution >= 4 is 28.4 Å². The Morgan fingerprint density at radius 3 is 2.40 bits per heavy atom. The molecular formula is C33H40N8O. The molecule has 1 saturated carbocycles. The Hall–Kier alpha value is -3.82. The fraction of sp³-hybridized carbons (Fsp3) is 0.455. The van der Waals surface area contributed by atoms with Gasteiger partial charge in [-0.1, -0.05) is 6.07 Å². The van der Waals surface area contributed by atoms with Crippen LogP contribution in [0, 0.1) is 12.8 Å². The number of nitrogens with zero attached hydrogens (tertiary/aromatic N) is 4. The minimum atomic E-state index is -0.0105. The molecule has 1 aromatic carbocycles. The SMILES string of the molecule is Cc1nc(C2CCCNC2)ccc1-c1cc2cnc(Nc3ccc(NC4CCCNC4)cc3)nc2n(CC2CC2)c1=O. The van der Waals surface area contributed by atoms with Crippen molar-refractivity contribution in [1.29, 1.82) is 0 Å². The number of aromatic nitrogens is 4. The van der Waals surface area contributed by atoms with E-state index in [1.807, 2.05) is 35.9 Å². The second-order valence-corrected chi connectivity index (χ2v) is 12.2. The quantitative estimate of drug-likeness (QED) is 0.238. The van der Waals surface area contributed by atoms with Crippen LogP contribution < -0.4 is 26.8 Å². The van der Waals surface area contributed by atoms with E-state index in [2.05, 4.69) is 50.5 Å². The Morgan fingerprint density at radius 2 is 1.69 bits per heavy atom. The monoisotopic (exact) mass is 564 g/mol. The number of fused-ring (bicyclic) bond motifs is 1. The Balaban J connectivity index is 1.16. The molecule has 0 radical (unpaired) electrons. The first kappa shape index (κ1) is 27.0. The normalized spacial score (nSPS) is 20.9. The van der Waals surface area contributed by atoms with Crippen LogP contribution in [0.5, 0.6) is 0 Å². The summed E-state index contributed by atoms with van der Waals surface area (Å²) >= 11 is 0. The minimum absolute atomic E-state index is 0.0105. The summed E-state index contributed by atoms with van der Waals surface area (Å²) in [5, 5.41) is 14.7. The van der Waals surface area contributed by atoms with E-state index in [1.165, 1.54) is 19.3 Å². The Labute approximate surface area is 246 Å². The summed E-state index contributed by atoms with van der Waals surface area (Å²) in [6.45, 7) is 6.82. The van der Waals surface area contributed by atoms with Gasteiger partial charge in [0.1, 0.15) is 5.65 Å². The van der Waals surface area contributed by atoms with Crippen LogP contribution in [0.1, 0.15) is 55.8 Å². The first-order chi connectivity index (χ1) is 20.6. The number of hydrogen-bond donors (Lipinski definition) is 4. The molecule has 2 saturated heterocycles. The van der Waals surface area contributed by atoms with E-state index in [1.54, 1.807) is 0 Å². The van der Waals surface area contributed by atoms with Gasteiger partial charge in [0.05, 0.1) is 0 Å². The second-order valence-electron chi connectivity index (χ2n) is 12.2. The van der Waals surface area contributed by atoms with Gasteiger partial charge in [0.15, 0.2) is 0 Å². The molecule has 7 rings (SSSR count). The molecule has 2 aliphatic heterocycles. The zero-order valence-electron chi connectivity index (χ0n) is 24.3. The van der Waals surface area contributed by atoms with Gasteiger partial charge in [-0.3, -0.25) is 14.3 Å². The van der Waals surface area contributed by atoms with Crippen LogP contribution in [0.3, 0.4) is 0 Å². The van der Waals surface area contributed by atoms with Crippen molar-refractivity contribution in [1.82, 2.24) is 30.2 Å². The highest BCUT2D eigenvalue weighted by Crippen LogP contribution is 2.32. The molecule has 5 heterocycles. The van der Waals surface area contributed by atoms with Gasteiger partial charge < -0.3 is 21.3 Å². The van der Waals surface area contributed by atoms with E-state index >= 15 is 0 Å². The van der Waals surface area contributed by atoms with Gasteiger partial charge in [-0.05, 0) is 101 Å². The lowest BCUT2D eigenvalue weighted by atomic mass is 9.94. The molecule has 2 unspecified atom stereocenters. The fourth-order valence-corrected chi connectivity index (χ4v) is 6.33. The molecule has 218 valence electrons. The standard InChI is InChI=1S/C33H40N8O/c1-21-28(12-13-30(37-21)23-4-2-14-34-17-23)29-16-24-18-36-33(40-31(24)41(32(29)42)20-22-6-7-22)39-26-10-8-25(9-11-26)38-27-5-3-15-35-19-27/h8-13,16,18,22-23,27,34-35,38H,2-7,14-15,17,19-20H2,1H3,(H,36,39,40). The van der Waals surface area contributed by atoms with E-state index in [9.17, 15) is 4.79 Å². The minimum Gasteiger partial charge on any atom is -0.381 e. The molecule has 3 aromatic heterocycles. The van der Waals surface area contributed by atoms with Gasteiger partial charge in [0.25, 0.3) is 5.56 Å². The molecule has 42 heavy (non-hydrogen) atoms. The third-order valence-corrected chi connectivity index (χ3v) is 8.89. The highest BCUT2D eigenvalue weighted by molar-refractivity contribution is 5.82. The lowest BCUT2D eigenvalue weighted by Gasteiger charge is -2.24. The van der Waals surface area contributed by atoms with Crippen LogP contribution in [-0.4, -0.2) is 51.7 Å². The van der Waals surface area contributed by atoms with Crippen molar-refractivity contribution in [2.45, 2.75) is 64.0 Å². The number of aryl methyl sites for hydroxylation is 1. The smallest absolute Gasteiger partial charge is 0.260 e. The van der Waals surface area contributed by atoms with Crippen LogP contribution >= 0.6 is 0 Å². The number of hydrogen-bond acceptors (Lipinski definition) is 8. The largest absolute Gasteiger partial charge is 0.381 e. The number of nitrogens with one attached hydrogen (secondary N) is 4. The van der Waals surface area contributed by atoms with Crippen molar-refractivity contribution in [3.8, 4) is 11.1 Å². The number of benzene rings is 1. The molecule has 0 bridgehead atoms. The average molecular weight is 565 g/mol. The summed E-state index contributed by atoms with van der Waals surface area (Å²) < 4.78 is 1.86. The lowest BCUT2D eigenvalue weighted by molar-refractivity contribution is 0.454. The van der Waals surface area contributed by atoms with E-state index in [0.29, 0.717) is 41.6 Å². The second kappa shape index (κ2) is 11.8. The lowest BCUT2D eigenvalue weighted by Crippen LogP contribution is -2.38. The fourth-order valence-electron chi connectivity index (χ4n) is 6.33. The van der Waals surface area contributed by atoms with Gasteiger partial charge >= 0.3 is 0 Å². The van der Waals surface area contributed by atoms with Gasteiger partial charge in [-0.25, -0.2) is 4.98 Å². The molecular weight excluding hydrogens is 524 g/mol. The topological polar surface area (TPSA) is 109 Å². The van der Waals surface area contributed by atoms with Gasteiger partial charge in [-0.15, -0.1) is 0 Å². The van der Waals surface area contributed by atoms with Crippen molar-refractivity contribution < 1.29 is 0 Å². The number of piperidine rings is 2. The van der Waals surface area contributed by atoms with Crippen LogP contribution in [0.25, 0.3) is 22.2 Å². The van der Waals surface area contributed by atoms with Gasteiger partial charge in [-0.2, -0.15) is 4.98 Å². The first-order valence-electron chi connectivity index (χ1n) is 15.5. The van der Waals surface area contributed by atoms with Crippen molar-refractivity contribution in [3.05, 3.63) is 70.4 Å². The maximum atomic E-state index is 14.0. The Morgan fingerprint density at radius 1 is 0.905 bits per heavy atom. The molecule has 1 aliphatic carbocycles. The Kier molecular flexibility index (Phi) is 7.61. The average Bonchev–Trinajstić information content (AvgIpc) is 3.85. The van der Waals surface area contributed by atoms with Crippen molar-refractivity contribution in [3.63, 3.8) is 0 Å². The summed E-state index contributed by atoms with van der Waals surface area (Å²) in [7, 11) is 0. The van der Waals surface area contributed by atoms with Crippen LogP contribution in [0.4, 0.5) is 17.3 Å². The molecule has 0 amide bonds. The number of anilines is 3. The third kappa shape index (κ3) is 5.89. The van der Waals surface area contributed by atoms with E-state index in [4.69, 9.17) is 9.97 Å². The molecule has 4 aromatic rings. The van der Waals surface area contributed by atoms with Crippen molar-refractivity contribution in [2.75, 3.05) is 36.8 Å². The van der Waals surface area contributed by atoms with Crippen LogP contribution in [0.15, 0.2) is 53.5 Å². The maximum Gasteiger partial charge on any atom is 0.260 e. The maximum absolute atomic E-state index is 14.0. The highest BCUT2D eigenvalue weighted by atomic mass is 16.1. The predicted molar refractivity (Wildman–Crippen MR) is 169 cm³/mol. The number of pyridine rings is 2. The van der Waals surface area contributed by atoms with E-state index < -0.39 is 0 Å². The molecule has 3 aliphatic rings. The summed E-state index contributed by atoms with van der Waals surface area (Å²) in [5.74, 6) is 1.43. The van der Waals surface area contributed by atoms with Crippen LogP contribution in [0.2, 0.25) is 0 Å². The zero-order chi connectivity index (χ0) is 28.5.